The van der Waals surface area contributed by atoms with Crippen LogP contribution in [0, 0.1) is 13.8 Å². The molecule has 0 unspecified atom stereocenters. The maximum Gasteiger partial charge on any atom is 0.146 e. The number of aromatic nitrogens is 2. The van der Waals surface area contributed by atoms with E-state index in [1.807, 2.05) is 32.0 Å². The number of hydrogen-bond acceptors (Lipinski definition) is 3. The lowest BCUT2D eigenvalue weighted by atomic mass is 10.1. The van der Waals surface area contributed by atoms with Crippen LogP contribution in [0.4, 0.5) is 0 Å². The van der Waals surface area contributed by atoms with Gasteiger partial charge in [0.05, 0.1) is 0 Å². The first-order valence-electron chi connectivity index (χ1n) is 5.62. The summed E-state index contributed by atoms with van der Waals surface area (Å²) in [5.41, 5.74) is 8.70. The molecule has 2 aromatic rings. The molecule has 0 saturated carbocycles. The number of para-hydroxylation sites is 1. The summed E-state index contributed by atoms with van der Waals surface area (Å²) in [5, 5.41) is 0. The molecule has 0 radical (unpaired) electrons. The topological polar surface area (TPSA) is 63.9 Å². The Balaban J connectivity index is 2.07. The molecule has 3 N–H and O–H groups in total. The Labute approximate surface area is 101 Å². The lowest BCUT2D eigenvalue weighted by Gasteiger charge is -2.10. The van der Waals surface area contributed by atoms with Gasteiger partial charge in [-0.3, -0.25) is 0 Å². The molecule has 0 amide bonds. The van der Waals surface area contributed by atoms with Crippen LogP contribution >= 0.6 is 0 Å². The van der Waals surface area contributed by atoms with Gasteiger partial charge < -0.3 is 15.5 Å². The van der Waals surface area contributed by atoms with Crippen molar-refractivity contribution in [1.29, 1.82) is 0 Å². The molecule has 0 aliphatic carbocycles. The first-order chi connectivity index (χ1) is 8.20. The lowest BCUT2D eigenvalue weighted by Crippen LogP contribution is -2.01. The molecule has 4 nitrogen and oxygen atoms in total. The number of hydrogen-bond donors (Lipinski definition) is 2. The van der Waals surface area contributed by atoms with Crippen LogP contribution in [0.3, 0.4) is 0 Å². The van der Waals surface area contributed by atoms with Crippen molar-refractivity contribution in [1.82, 2.24) is 9.97 Å². The van der Waals surface area contributed by atoms with E-state index in [1.54, 1.807) is 6.20 Å². The van der Waals surface area contributed by atoms with Crippen molar-refractivity contribution in [2.45, 2.75) is 27.0 Å². The molecule has 0 atom stereocenters. The molecule has 1 aromatic heterocycles. The van der Waals surface area contributed by atoms with Crippen molar-refractivity contribution in [2.75, 3.05) is 0 Å². The number of ether oxygens (including phenoxy) is 1. The predicted molar refractivity (Wildman–Crippen MR) is 66.7 cm³/mol. The van der Waals surface area contributed by atoms with Gasteiger partial charge in [0.2, 0.25) is 0 Å². The number of rotatable bonds is 4. The molecule has 0 aliphatic heterocycles. The standard InChI is InChI=1S/C13H17N3O/c1-9-4-3-5-10(2)13(9)17-8-12-15-7-11(6-14)16-12/h3-5,7H,6,8,14H2,1-2H3,(H,15,16). The fourth-order valence-corrected chi connectivity index (χ4v) is 1.75. The summed E-state index contributed by atoms with van der Waals surface area (Å²) < 4.78 is 5.78. The predicted octanol–water partition coefficient (Wildman–Crippen LogP) is 2.06. The van der Waals surface area contributed by atoms with Gasteiger partial charge in [-0.25, -0.2) is 4.98 Å². The minimum absolute atomic E-state index is 0.436. The zero-order chi connectivity index (χ0) is 12.3. The quantitative estimate of drug-likeness (QED) is 0.846. The van der Waals surface area contributed by atoms with Gasteiger partial charge in [0.1, 0.15) is 18.2 Å². The Morgan fingerprint density at radius 2 is 2.00 bits per heavy atom. The van der Waals surface area contributed by atoms with E-state index in [4.69, 9.17) is 10.5 Å². The third kappa shape index (κ3) is 2.65. The first kappa shape index (κ1) is 11.7. The van der Waals surface area contributed by atoms with E-state index >= 15 is 0 Å². The summed E-state index contributed by atoms with van der Waals surface area (Å²) >= 11 is 0. The highest BCUT2D eigenvalue weighted by atomic mass is 16.5. The number of nitrogens with two attached hydrogens (primary N) is 1. The van der Waals surface area contributed by atoms with E-state index in [9.17, 15) is 0 Å². The minimum Gasteiger partial charge on any atom is -0.485 e. The molecule has 0 fully saturated rings. The highest BCUT2D eigenvalue weighted by Gasteiger charge is 2.05. The molecule has 2 rings (SSSR count). The van der Waals surface area contributed by atoms with Gasteiger partial charge in [0.25, 0.3) is 0 Å². The van der Waals surface area contributed by atoms with Crippen molar-refractivity contribution in [2.24, 2.45) is 5.73 Å². The van der Waals surface area contributed by atoms with Crippen LogP contribution in [0.15, 0.2) is 24.4 Å². The summed E-state index contributed by atoms with van der Waals surface area (Å²) in [6.45, 7) is 4.98. The number of benzene rings is 1. The second-order valence-corrected chi connectivity index (χ2v) is 4.07. The van der Waals surface area contributed by atoms with E-state index in [-0.39, 0.29) is 0 Å². The van der Waals surface area contributed by atoms with Crippen LogP contribution in [-0.4, -0.2) is 9.97 Å². The van der Waals surface area contributed by atoms with Crippen LogP contribution in [0.2, 0.25) is 0 Å². The zero-order valence-electron chi connectivity index (χ0n) is 10.2. The van der Waals surface area contributed by atoms with E-state index in [1.165, 1.54) is 0 Å². The van der Waals surface area contributed by atoms with E-state index in [0.717, 1.165) is 28.4 Å². The van der Waals surface area contributed by atoms with Gasteiger partial charge in [-0.1, -0.05) is 18.2 Å². The number of nitrogens with zero attached hydrogens (tertiary/aromatic N) is 1. The largest absolute Gasteiger partial charge is 0.485 e. The normalized spacial score (nSPS) is 10.5. The Bertz CT molecular complexity index is 485. The minimum atomic E-state index is 0.436. The second kappa shape index (κ2) is 5.01. The molecular formula is C13H17N3O. The van der Waals surface area contributed by atoms with Crippen LogP contribution in [-0.2, 0) is 13.2 Å². The third-order valence-electron chi connectivity index (χ3n) is 2.66. The molecule has 90 valence electrons. The van der Waals surface area contributed by atoms with Crippen molar-refractivity contribution >= 4 is 0 Å². The molecule has 1 aromatic carbocycles. The summed E-state index contributed by atoms with van der Waals surface area (Å²) in [6, 6.07) is 6.10. The van der Waals surface area contributed by atoms with Gasteiger partial charge in [-0.2, -0.15) is 0 Å². The van der Waals surface area contributed by atoms with E-state index < -0.39 is 0 Å². The molecule has 0 spiro atoms. The van der Waals surface area contributed by atoms with Gasteiger partial charge in [-0.15, -0.1) is 0 Å². The maximum atomic E-state index is 5.78. The summed E-state index contributed by atoms with van der Waals surface area (Å²) in [5.74, 6) is 1.73. The summed E-state index contributed by atoms with van der Waals surface area (Å²) in [7, 11) is 0. The summed E-state index contributed by atoms with van der Waals surface area (Å²) in [6.07, 6.45) is 1.74. The Hall–Kier alpha value is -1.81. The van der Waals surface area contributed by atoms with E-state index in [2.05, 4.69) is 9.97 Å². The maximum absolute atomic E-state index is 5.78. The zero-order valence-corrected chi connectivity index (χ0v) is 10.2. The van der Waals surface area contributed by atoms with Crippen LogP contribution in [0.1, 0.15) is 22.6 Å². The SMILES string of the molecule is Cc1cccc(C)c1OCc1ncc(CN)[nH]1. The molecule has 0 aliphatic rings. The van der Waals surface area contributed by atoms with Gasteiger partial charge in [0.15, 0.2) is 0 Å². The Morgan fingerprint density at radius 1 is 1.29 bits per heavy atom. The smallest absolute Gasteiger partial charge is 0.146 e. The number of H-pyrrole nitrogens is 1. The number of nitrogens with one attached hydrogen (secondary N) is 1. The molecule has 0 saturated heterocycles. The average molecular weight is 231 g/mol. The Morgan fingerprint density at radius 3 is 2.59 bits per heavy atom. The van der Waals surface area contributed by atoms with Crippen LogP contribution < -0.4 is 10.5 Å². The molecule has 4 heteroatoms. The van der Waals surface area contributed by atoms with Crippen molar-refractivity contribution in [3.63, 3.8) is 0 Å². The fraction of sp³-hybridized carbons (Fsp3) is 0.308. The van der Waals surface area contributed by atoms with Gasteiger partial charge in [-0.05, 0) is 25.0 Å². The van der Waals surface area contributed by atoms with Crippen molar-refractivity contribution < 1.29 is 4.74 Å². The van der Waals surface area contributed by atoms with Crippen LogP contribution in [0.25, 0.3) is 0 Å². The van der Waals surface area contributed by atoms with Crippen LogP contribution in [0.5, 0.6) is 5.75 Å². The van der Waals surface area contributed by atoms with E-state index in [0.29, 0.717) is 13.2 Å². The lowest BCUT2D eigenvalue weighted by molar-refractivity contribution is 0.293. The average Bonchev–Trinajstić information content (AvgIpc) is 2.76. The van der Waals surface area contributed by atoms with Gasteiger partial charge in [0, 0.05) is 18.4 Å². The molecule has 17 heavy (non-hydrogen) atoms. The van der Waals surface area contributed by atoms with Gasteiger partial charge >= 0.3 is 0 Å². The summed E-state index contributed by atoms with van der Waals surface area (Å²) in [4.78, 5) is 7.31. The highest BCUT2D eigenvalue weighted by Crippen LogP contribution is 2.22. The first-order valence-corrected chi connectivity index (χ1v) is 5.62. The highest BCUT2D eigenvalue weighted by molar-refractivity contribution is 5.39. The fourth-order valence-electron chi connectivity index (χ4n) is 1.75. The number of aromatic amines is 1. The number of imidazole rings is 1. The molecule has 0 bridgehead atoms. The monoisotopic (exact) mass is 231 g/mol. The number of aryl methyl sites for hydroxylation is 2. The third-order valence-corrected chi connectivity index (χ3v) is 2.66. The second-order valence-electron chi connectivity index (χ2n) is 4.07. The Kier molecular flexibility index (Phi) is 3.44. The van der Waals surface area contributed by atoms with Crippen molar-refractivity contribution in [3.8, 4) is 5.75 Å². The van der Waals surface area contributed by atoms with Crippen molar-refractivity contribution in [3.05, 3.63) is 47.0 Å². The molecular weight excluding hydrogens is 214 g/mol. The molecule has 1 heterocycles.